The van der Waals surface area contributed by atoms with Crippen LogP contribution in [0.5, 0.6) is 11.5 Å². The number of sulfone groups is 1. The van der Waals surface area contributed by atoms with Gasteiger partial charge in [0.25, 0.3) is 0 Å². The van der Waals surface area contributed by atoms with Crippen molar-refractivity contribution < 1.29 is 18.6 Å². The van der Waals surface area contributed by atoms with E-state index in [1.165, 1.54) is 0 Å². The molecule has 0 radical (unpaired) electrons. The first-order chi connectivity index (χ1) is 10.5. The highest BCUT2D eigenvalue weighted by molar-refractivity contribution is 7.91. The van der Waals surface area contributed by atoms with E-state index in [9.17, 15) is 18.6 Å². The molecule has 0 unspecified atom stereocenters. The molecule has 0 aromatic heterocycles. The Labute approximate surface area is 137 Å². The lowest BCUT2D eigenvalue weighted by Crippen LogP contribution is -2.10. The van der Waals surface area contributed by atoms with Gasteiger partial charge in [0.1, 0.15) is 11.5 Å². The molecule has 0 amide bonds. The van der Waals surface area contributed by atoms with Gasteiger partial charge in [-0.05, 0) is 75.9 Å². The molecule has 23 heavy (non-hydrogen) atoms. The summed E-state index contributed by atoms with van der Waals surface area (Å²) in [6, 6.07) is 3.15. The van der Waals surface area contributed by atoms with Crippen molar-refractivity contribution in [2.75, 3.05) is 0 Å². The van der Waals surface area contributed by atoms with Gasteiger partial charge in [0.05, 0.1) is 9.79 Å². The van der Waals surface area contributed by atoms with Crippen molar-refractivity contribution in [1.29, 1.82) is 0 Å². The van der Waals surface area contributed by atoms with Crippen LogP contribution in [-0.4, -0.2) is 18.6 Å². The van der Waals surface area contributed by atoms with E-state index < -0.39 is 9.84 Å². The molecule has 2 aromatic rings. The van der Waals surface area contributed by atoms with Crippen LogP contribution in [-0.2, 0) is 9.84 Å². The van der Waals surface area contributed by atoms with E-state index in [0.29, 0.717) is 33.4 Å². The Balaban J connectivity index is 2.91. The number of phenolic OH excluding ortho intramolecular Hbond substituents is 2. The van der Waals surface area contributed by atoms with E-state index in [2.05, 4.69) is 0 Å². The second-order valence-electron chi connectivity index (χ2n) is 6.09. The summed E-state index contributed by atoms with van der Waals surface area (Å²) >= 11 is 0. The maximum atomic E-state index is 13.2. The fraction of sp³-hybridized carbons (Fsp3) is 0.333. The van der Waals surface area contributed by atoms with Crippen LogP contribution in [0.2, 0.25) is 0 Å². The lowest BCUT2D eigenvalue weighted by atomic mass is 10.1. The molecule has 0 atom stereocenters. The molecule has 124 valence electrons. The summed E-state index contributed by atoms with van der Waals surface area (Å²) in [5.41, 5.74) is 3.34. The smallest absolute Gasteiger partial charge is 0.207 e. The zero-order chi connectivity index (χ0) is 17.7. The van der Waals surface area contributed by atoms with Crippen molar-refractivity contribution in [3.63, 3.8) is 0 Å². The van der Waals surface area contributed by atoms with Gasteiger partial charge in [-0.25, -0.2) is 8.42 Å². The van der Waals surface area contributed by atoms with Crippen LogP contribution in [0.3, 0.4) is 0 Å². The van der Waals surface area contributed by atoms with Gasteiger partial charge in [-0.2, -0.15) is 0 Å². The highest BCUT2D eigenvalue weighted by Gasteiger charge is 2.28. The van der Waals surface area contributed by atoms with Gasteiger partial charge in [-0.1, -0.05) is 0 Å². The molecule has 0 bridgehead atoms. The van der Waals surface area contributed by atoms with Gasteiger partial charge in [-0.3, -0.25) is 0 Å². The predicted octanol–water partition coefficient (Wildman–Crippen LogP) is 3.78. The molecule has 0 aliphatic heterocycles. The minimum atomic E-state index is -3.86. The lowest BCUT2D eigenvalue weighted by molar-refractivity contribution is 0.463. The average Bonchev–Trinajstić information content (AvgIpc) is 2.46. The second-order valence-corrected chi connectivity index (χ2v) is 7.94. The maximum absolute atomic E-state index is 13.2. The molecular weight excluding hydrogens is 312 g/mol. The van der Waals surface area contributed by atoms with E-state index in [1.54, 1.807) is 53.7 Å². The van der Waals surface area contributed by atoms with E-state index in [-0.39, 0.29) is 21.3 Å². The van der Waals surface area contributed by atoms with Gasteiger partial charge in [0, 0.05) is 11.1 Å². The number of aromatic hydroxyl groups is 2. The molecule has 0 heterocycles. The third kappa shape index (κ3) is 2.59. The fourth-order valence-electron chi connectivity index (χ4n) is 2.79. The predicted molar refractivity (Wildman–Crippen MR) is 90.1 cm³/mol. The van der Waals surface area contributed by atoms with E-state index in [0.717, 1.165) is 0 Å². The Morgan fingerprint density at radius 1 is 0.739 bits per heavy atom. The normalized spacial score (nSPS) is 11.7. The van der Waals surface area contributed by atoms with Crippen LogP contribution in [0, 0.1) is 41.5 Å². The highest BCUT2D eigenvalue weighted by atomic mass is 32.2. The first-order valence-corrected chi connectivity index (χ1v) is 8.83. The minimum Gasteiger partial charge on any atom is -0.508 e. The SMILES string of the molecule is Cc1cc(S(=O)(=O)c2c(C)c(C)cc(O)c2C)c(C)c(O)c1C. The Kier molecular flexibility index (Phi) is 4.20. The topological polar surface area (TPSA) is 74.6 Å². The summed E-state index contributed by atoms with van der Waals surface area (Å²) in [5.74, 6) is -0.0480. The molecule has 5 heteroatoms. The molecule has 2 aromatic carbocycles. The minimum absolute atomic E-state index is 0.00393. The monoisotopic (exact) mass is 334 g/mol. The Morgan fingerprint density at radius 2 is 1.26 bits per heavy atom. The molecule has 0 spiro atoms. The summed E-state index contributed by atoms with van der Waals surface area (Å²) in [5, 5.41) is 20.2. The Hall–Kier alpha value is -2.01. The third-order valence-electron chi connectivity index (χ3n) is 4.59. The lowest BCUT2D eigenvalue weighted by Gasteiger charge is -2.18. The number of hydrogen-bond donors (Lipinski definition) is 2. The van der Waals surface area contributed by atoms with Crippen LogP contribution in [0.15, 0.2) is 21.9 Å². The summed E-state index contributed by atoms with van der Waals surface area (Å²) in [7, 11) is -3.86. The average molecular weight is 334 g/mol. The molecular formula is C18H22O4S. The molecule has 0 saturated carbocycles. The fourth-order valence-corrected chi connectivity index (χ4v) is 4.91. The zero-order valence-corrected chi connectivity index (χ0v) is 15.1. The van der Waals surface area contributed by atoms with Gasteiger partial charge in [0.2, 0.25) is 9.84 Å². The molecule has 2 rings (SSSR count). The first-order valence-electron chi connectivity index (χ1n) is 7.34. The number of phenols is 2. The van der Waals surface area contributed by atoms with Gasteiger partial charge in [-0.15, -0.1) is 0 Å². The molecule has 2 N–H and O–H groups in total. The number of benzene rings is 2. The summed E-state index contributed by atoms with van der Waals surface area (Å²) in [6.45, 7) is 10.2. The van der Waals surface area contributed by atoms with Crippen molar-refractivity contribution in [3.05, 3.63) is 45.5 Å². The van der Waals surface area contributed by atoms with E-state index >= 15 is 0 Å². The van der Waals surface area contributed by atoms with Crippen molar-refractivity contribution in [2.45, 2.75) is 51.3 Å². The van der Waals surface area contributed by atoms with E-state index in [4.69, 9.17) is 0 Å². The van der Waals surface area contributed by atoms with Gasteiger partial charge < -0.3 is 10.2 Å². The van der Waals surface area contributed by atoms with Crippen molar-refractivity contribution in [2.24, 2.45) is 0 Å². The Morgan fingerprint density at radius 3 is 1.83 bits per heavy atom. The molecule has 0 aliphatic rings. The molecule has 4 nitrogen and oxygen atoms in total. The van der Waals surface area contributed by atoms with Crippen LogP contribution in [0.4, 0.5) is 0 Å². The van der Waals surface area contributed by atoms with Crippen molar-refractivity contribution in [1.82, 2.24) is 0 Å². The zero-order valence-electron chi connectivity index (χ0n) is 14.3. The summed E-state index contributed by atoms with van der Waals surface area (Å²) in [4.78, 5) is 0.190. The maximum Gasteiger partial charge on any atom is 0.207 e. The van der Waals surface area contributed by atoms with E-state index in [1.807, 2.05) is 0 Å². The molecule has 0 aliphatic carbocycles. The number of hydrogen-bond acceptors (Lipinski definition) is 4. The largest absolute Gasteiger partial charge is 0.508 e. The standard InChI is InChI=1S/C18H22O4S/c1-9-7-15(19)13(5)18(12(9)4)23(21,22)16-8-10(2)11(3)17(20)14(16)6/h7-8,19-20H,1-6H3. The third-order valence-corrected chi connectivity index (χ3v) is 6.74. The van der Waals surface area contributed by atoms with Crippen LogP contribution in [0.1, 0.15) is 33.4 Å². The van der Waals surface area contributed by atoms with Crippen molar-refractivity contribution in [3.8, 4) is 11.5 Å². The number of aryl methyl sites for hydroxylation is 2. The van der Waals surface area contributed by atoms with Crippen LogP contribution < -0.4 is 0 Å². The van der Waals surface area contributed by atoms with Gasteiger partial charge in [0.15, 0.2) is 0 Å². The second kappa shape index (κ2) is 5.57. The number of rotatable bonds is 2. The Bertz CT molecular complexity index is 883. The summed E-state index contributed by atoms with van der Waals surface area (Å²) in [6.07, 6.45) is 0. The molecule has 0 saturated heterocycles. The van der Waals surface area contributed by atoms with Crippen LogP contribution in [0.25, 0.3) is 0 Å². The van der Waals surface area contributed by atoms with Crippen molar-refractivity contribution >= 4 is 9.84 Å². The van der Waals surface area contributed by atoms with Gasteiger partial charge >= 0.3 is 0 Å². The highest BCUT2D eigenvalue weighted by Crippen LogP contribution is 2.38. The quantitative estimate of drug-likeness (QED) is 0.876. The molecule has 0 fully saturated rings. The summed E-state index contributed by atoms with van der Waals surface area (Å²) < 4.78 is 26.4. The first kappa shape index (κ1) is 17.3. The van der Waals surface area contributed by atoms with Crippen LogP contribution >= 0.6 is 0 Å².